The summed E-state index contributed by atoms with van der Waals surface area (Å²) in [6.07, 6.45) is 5.13. The zero-order valence-corrected chi connectivity index (χ0v) is 12.8. The van der Waals surface area contributed by atoms with Crippen LogP contribution in [-0.4, -0.2) is 23.6 Å². The SMILES string of the molecule is CCNC(=NCc1ccn(C)c1)NCCc1ccccc1. The molecule has 0 aliphatic carbocycles. The molecule has 1 aromatic heterocycles. The molecule has 1 aromatic carbocycles. The van der Waals surface area contributed by atoms with Crippen LogP contribution in [0.1, 0.15) is 18.1 Å². The predicted molar refractivity (Wildman–Crippen MR) is 88.4 cm³/mol. The Labute approximate surface area is 126 Å². The highest BCUT2D eigenvalue weighted by Crippen LogP contribution is 2.01. The first-order valence-corrected chi connectivity index (χ1v) is 7.45. The van der Waals surface area contributed by atoms with Gasteiger partial charge in [-0.2, -0.15) is 0 Å². The van der Waals surface area contributed by atoms with E-state index < -0.39 is 0 Å². The summed E-state index contributed by atoms with van der Waals surface area (Å²) in [5.74, 6) is 0.872. The highest BCUT2D eigenvalue weighted by atomic mass is 15.2. The second-order valence-corrected chi connectivity index (χ2v) is 5.04. The number of aliphatic imine (C=N–C) groups is 1. The van der Waals surface area contributed by atoms with Gasteiger partial charge in [-0.3, -0.25) is 0 Å². The van der Waals surface area contributed by atoms with Gasteiger partial charge in [0.1, 0.15) is 0 Å². The molecule has 2 rings (SSSR count). The molecule has 4 heteroatoms. The molecule has 0 saturated carbocycles. The Morgan fingerprint density at radius 1 is 1.10 bits per heavy atom. The third-order valence-electron chi connectivity index (χ3n) is 3.21. The maximum absolute atomic E-state index is 4.61. The van der Waals surface area contributed by atoms with Gasteiger partial charge in [0.05, 0.1) is 6.54 Å². The number of guanidine groups is 1. The molecule has 0 saturated heterocycles. The van der Waals surface area contributed by atoms with Gasteiger partial charge in [0.2, 0.25) is 0 Å². The average molecular weight is 284 g/mol. The van der Waals surface area contributed by atoms with Crippen molar-refractivity contribution < 1.29 is 0 Å². The fraction of sp³-hybridized carbons (Fsp3) is 0.353. The predicted octanol–water partition coefficient (Wildman–Crippen LogP) is 2.32. The van der Waals surface area contributed by atoms with E-state index in [0.29, 0.717) is 6.54 Å². The molecule has 0 spiro atoms. The summed E-state index contributed by atoms with van der Waals surface area (Å²) in [5.41, 5.74) is 2.56. The second kappa shape index (κ2) is 8.15. The summed E-state index contributed by atoms with van der Waals surface area (Å²) in [4.78, 5) is 4.61. The number of nitrogens with one attached hydrogen (secondary N) is 2. The van der Waals surface area contributed by atoms with E-state index in [1.807, 2.05) is 23.9 Å². The summed E-state index contributed by atoms with van der Waals surface area (Å²) >= 11 is 0. The van der Waals surface area contributed by atoms with Crippen molar-refractivity contribution in [2.75, 3.05) is 13.1 Å². The van der Waals surface area contributed by atoms with Crippen LogP contribution in [0.3, 0.4) is 0 Å². The monoisotopic (exact) mass is 284 g/mol. The van der Waals surface area contributed by atoms with Gasteiger partial charge >= 0.3 is 0 Å². The van der Waals surface area contributed by atoms with Crippen LogP contribution in [0.5, 0.6) is 0 Å². The minimum Gasteiger partial charge on any atom is -0.357 e. The van der Waals surface area contributed by atoms with E-state index in [1.165, 1.54) is 11.1 Å². The first-order chi connectivity index (χ1) is 10.3. The molecule has 2 aromatic rings. The minimum absolute atomic E-state index is 0.696. The molecule has 2 N–H and O–H groups in total. The molecule has 0 amide bonds. The van der Waals surface area contributed by atoms with Crippen molar-refractivity contribution in [2.24, 2.45) is 12.0 Å². The standard InChI is InChI=1S/C17H24N4/c1-3-18-17(20-13-16-10-12-21(2)14-16)19-11-9-15-7-5-4-6-8-15/h4-8,10,12,14H,3,9,11,13H2,1-2H3,(H2,18,19,20). The zero-order chi connectivity index (χ0) is 14.9. The molecular weight excluding hydrogens is 260 g/mol. The third-order valence-corrected chi connectivity index (χ3v) is 3.21. The molecule has 4 nitrogen and oxygen atoms in total. The minimum atomic E-state index is 0.696. The van der Waals surface area contributed by atoms with Crippen LogP contribution in [0.4, 0.5) is 0 Å². The summed E-state index contributed by atoms with van der Waals surface area (Å²) in [5, 5.41) is 6.66. The van der Waals surface area contributed by atoms with Gasteiger partial charge in [-0.15, -0.1) is 0 Å². The van der Waals surface area contributed by atoms with E-state index in [-0.39, 0.29) is 0 Å². The Balaban J connectivity index is 1.83. The highest BCUT2D eigenvalue weighted by molar-refractivity contribution is 5.79. The van der Waals surface area contributed by atoms with Crippen LogP contribution in [0.2, 0.25) is 0 Å². The Morgan fingerprint density at radius 2 is 1.90 bits per heavy atom. The van der Waals surface area contributed by atoms with Crippen LogP contribution in [0, 0.1) is 0 Å². The number of hydrogen-bond acceptors (Lipinski definition) is 1. The van der Waals surface area contributed by atoms with Gasteiger partial charge in [0.15, 0.2) is 5.96 Å². The zero-order valence-electron chi connectivity index (χ0n) is 12.8. The van der Waals surface area contributed by atoms with Gasteiger partial charge in [0, 0.05) is 32.5 Å². The number of benzene rings is 1. The molecule has 0 unspecified atom stereocenters. The van der Waals surface area contributed by atoms with E-state index in [9.17, 15) is 0 Å². The first kappa shape index (κ1) is 15.2. The van der Waals surface area contributed by atoms with E-state index >= 15 is 0 Å². The largest absolute Gasteiger partial charge is 0.357 e. The number of rotatable bonds is 6. The van der Waals surface area contributed by atoms with Gasteiger partial charge in [0.25, 0.3) is 0 Å². The summed E-state index contributed by atoms with van der Waals surface area (Å²) in [6, 6.07) is 12.6. The van der Waals surface area contributed by atoms with Crippen LogP contribution in [0.25, 0.3) is 0 Å². The Hall–Kier alpha value is -2.23. The van der Waals surface area contributed by atoms with Crippen LogP contribution >= 0.6 is 0 Å². The van der Waals surface area contributed by atoms with Crippen LogP contribution in [-0.2, 0) is 20.0 Å². The molecule has 0 aliphatic heterocycles. The van der Waals surface area contributed by atoms with Gasteiger partial charge in [-0.1, -0.05) is 30.3 Å². The smallest absolute Gasteiger partial charge is 0.191 e. The van der Waals surface area contributed by atoms with Crippen molar-refractivity contribution in [3.05, 3.63) is 59.9 Å². The van der Waals surface area contributed by atoms with Crippen molar-refractivity contribution in [3.8, 4) is 0 Å². The molecule has 21 heavy (non-hydrogen) atoms. The van der Waals surface area contributed by atoms with E-state index in [4.69, 9.17) is 0 Å². The van der Waals surface area contributed by atoms with E-state index in [1.54, 1.807) is 0 Å². The quantitative estimate of drug-likeness (QED) is 0.631. The van der Waals surface area contributed by atoms with Gasteiger partial charge < -0.3 is 15.2 Å². The molecule has 0 atom stereocenters. The summed E-state index contributed by atoms with van der Waals surface area (Å²) in [6.45, 7) is 4.52. The van der Waals surface area contributed by atoms with Crippen molar-refractivity contribution in [1.82, 2.24) is 15.2 Å². The molecule has 1 heterocycles. The normalized spacial score (nSPS) is 11.4. The van der Waals surface area contributed by atoms with Crippen LogP contribution in [0.15, 0.2) is 53.8 Å². The third kappa shape index (κ3) is 5.34. The number of nitrogens with zero attached hydrogens (tertiary/aromatic N) is 2. The Bertz CT molecular complexity index is 557. The molecule has 0 aliphatic rings. The first-order valence-electron chi connectivity index (χ1n) is 7.45. The molecular formula is C17H24N4. The Kier molecular flexibility index (Phi) is 5.88. The van der Waals surface area contributed by atoms with Gasteiger partial charge in [-0.25, -0.2) is 4.99 Å². The molecule has 112 valence electrons. The maximum Gasteiger partial charge on any atom is 0.191 e. The fourth-order valence-corrected chi connectivity index (χ4v) is 2.14. The lowest BCUT2D eigenvalue weighted by atomic mass is 10.1. The van der Waals surface area contributed by atoms with Gasteiger partial charge in [-0.05, 0) is 30.5 Å². The van der Waals surface area contributed by atoms with Crippen LogP contribution < -0.4 is 10.6 Å². The fourth-order valence-electron chi connectivity index (χ4n) is 2.14. The number of aromatic nitrogens is 1. The lowest BCUT2D eigenvalue weighted by molar-refractivity contribution is 0.799. The van der Waals surface area contributed by atoms with E-state index in [0.717, 1.165) is 25.5 Å². The van der Waals surface area contributed by atoms with Crippen molar-refractivity contribution >= 4 is 5.96 Å². The molecule has 0 fully saturated rings. The lowest BCUT2D eigenvalue weighted by Crippen LogP contribution is -2.38. The van der Waals surface area contributed by atoms with Crippen molar-refractivity contribution in [1.29, 1.82) is 0 Å². The number of hydrogen-bond donors (Lipinski definition) is 2. The van der Waals surface area contributed by atoms with Crippen molar-refractivity contribution in [3.63, 3.8) is 0 Å². The Morgan fingerprint density at radius 3 is 2.57 bits per heavy atom. The summed E-state index contributed by atoms with van der Waals surface area (Å²) < 4.78 is 2.04. The molecule has 0 bridgehead atoms. The van der Waals surface area contributed by atoms with E-state index in [2.05, 4.69) is 59.1 Å². The topological polar surface area (TPSA) is 41.4 Å². The van der Waals surface area contributed by atoms with Crippen molar-refractivity contribution in [2.45, 2.75) is 19.9 Å². The molecule has 0 radical (unpaired) electrons. The second-order valence-electron chi connectivity index (χ2n) is 5.04. The number of aryl methyl sites for hydroxylation is 1. The summed E-state index contributed by atoms with van der Waals surface area (Å²) in [7, 11) is 2.02. The lowest BCUT2D eigenvalue weighted by Gasteiger charge is -2.11. The average Bonchev–Trinajstić information content (AvgIpc) is 2.91. The highest BCUT2D eigenvalue weighted by Gasteiger charge is 1.99. The maximum atomic E-state index is 4.61.